The first-order valence-corrected chi connectivity index (χ1v) is 10.1. The number of nitrogens with zero attached hydrogens (tertiary/aromatic N) is 1. The molecule has 1 aliphatic rings. The Kier molecular flexibility index (Phi) is 5.98. The van der Waals surface area contributed by atoms with Crippen molar-refractivity contribution >= 4 is 16.5 Å². The predicted octanol–water partition coefficient (Wildman–Crippen LogP) is 4.87. The SMILES string of the molecule is Nc1cccc2c(OCc3ccc(OCCN4CCCCC4)cc3)cccc12. The van der Waals surface area contributed by atoms with Gasteiger partial charge in [0.1, 0.15) is 24.7 Å². The Morgan fingerprint density at radius 2 is 1.54 bits per heavy atom. The van der Waals surface area contributed by atoms with Gasteiger partial charge in [-0.3, -0.25) is 4.90 Å². The van der Waals surface area contributed by atoms with Gasteiger partial charge in [-0.2, -0.15) is 0 Å². The summed E-state index contributed by atoms with van der Waals surface area (Å²) < 4.78 is 12.0. The van der Waals surface area contributed by atoms with Crippen molar-refractivity contribution < 1.29 is 9.47 Å². The van der Waals surface area contributed by atoms with Crippen LogP contribution < -0.4 is 15.2 Å². The van der Waals surface area contributed by atoms with Gasteiger partial charge in [0.15, 0.2) is 0 Å². The van der Waals surface area contributed by atoms with Crippen molar-refractivity contribution in [2.24, 2.45) is 0 Å². The van der Waals surface area contributed by atoms with Gasteiger partial charge in [-0.1, -0.05) is 42.8 Å². The van der Waals surface area contributed by atoms with E-state index >= 15 is 0 Å². The number of piperidine rings is 1. The van der Waals surface area contributed by atoms with Gasteiger partial charge in [-0.25, -0.2) is 0 Å². The molecule has 1 saturated heterocycles. The Morgan fingerprint density at radius 3 is 2.36 bits per heavy atom. The maximum Gasteiger partial charge on any atom is 0.127 e. The van der Waals surface area contributed by atoms with Crippen LogP contribution in [0.25, 0.3) is 10.8 Å². The van der Waals surface area contributed by atoms with E-state index in [1.54, 1.807) is 0 Å². The maximum atomic E-state index is 6.06. The van der Waals surface area contributed by atoms with Crippen LogP contribution in [0.15, 0.2) is 60.7 Å². The maximum absolute atomic E-state index is 6.06. The van der Waals surface area contributed by atoms with E-state index in [1.165, 1.54) is 32.4 Å². The number of likely N-dealkylation sites (tertiary alicyclic amines) is 1. The van der Waals surface area contributed by atoms with Crippen LogP contribution in [0, 0.1) is 0 Å². The third kappa shape index (κ3) is 4.57. The first-order valence-electron chi connectivity index (χ1n) is 10.1. The molecule has 1 heterocycles. The van der Waals surface area contributed by atoms with Gasteiger partial charge in [-0.15, -0.1) is 0 Å². The lowest BCUT2D eigenvalue weighted by Gasteiger charge is -2.26. The number of rotatable bonds is 7. The molecule has 0 unspecified atom stereocenters. The molecule has 1 fully saturated rings. The van der Waals surface area contributed by atoms with Crippen LogP contribution in [0.5, 0.6) is 11.5 Å². The molecule has 0 amide bonds. The van der Waals surface area contributed by atoms with Gasteiger partial charge < -0.3 is 15.2 Å². The van der Waals surface area contributed by atoms with E-state index in [9.17, 15) is 0 Å². The number of nitrogens with two attached hydrogens (primary N) is 1. The van der Waals surface area contributed by atoms with E-state index in [0.717, 1.165) is 46.7 Å². The third-order valence-electron chi connectivity index (χ3n) is 5.36. The average Bonchev–Trinajstić information content (AvgIpc) is 2.74. The zero-order valence-electron chi connectivity index (χ0n) is 16.3. The third-order valence-corrected chi connectivity index (χ3v) is 5.36. The van der Waals surface area contributed by atoms with Crippen LogP contribution >= 0.6 is 0 Å². The Morgan fingerprint density at radius 1 is 0.786 bits per heavy atom. The summed E-state index contributed by atoms with van der Waals surface area (Å²) in [7, 11) is 0. The number of fused-ring (bicyclic) bond motifs is 1. The first-order chi connectivity index (χ1) is 13.8. The molecular formula is C24H28N2O2. The van der Waals surface area contributed by atoms with Crippen molar-refractivity contribution in [2.45, 2.75) is 25.9 Å². The lowest BCUT2D eigenvalue weighted by atomic mass is 10.1. The standard InChI is InChI=1S/C24H28N2O2/c25-23-8-4-7-22-21(23)6-5-9-24(22)28-18-19-10-12-20(13-11-19)27-17-16-26-14-2-1-3-15-26/h4-13H,1-3,14-18,25H2. The largest absolute Gasteiger partial charge is 0.492 e. The molecule has 0 saturated carbocycles. The topological polar surface area (TPSA) is 47.7 Å². The summed E-state index contributed by atoms with van der Waals surface area (Å²) in [5, 5.41) is 2.07. The molecule has 0 aromatic heterocycles. The van der Waals surface area contributed by atoms with E-state index < -0.39 is 0 Å². The van der Waals surface area contributed by atoms with Crippen molar-refractivity contribution in [3.8, 4) is 11.5 Å². The van der Waals surface area contributed by atoms with Crippen LogP contribution in [0.1, 0.15) is 24.8 Å². The van der Waals surface area contributed by atoms with Crippen LogP contribution in [-0.4, -0.2) is 31.1 Å². The number of benzene rings is 3. The zero-order chi connectivity index (χ0) is 19.2. The molecule has 2 N–H and O–H groups in total. The van der Waals surface area contributed by atoms with Crippen LogP contribution in [0.4, 0.5) is 5.69 Å². The smallest absolute Gasteiger partial charge is 0.127 e. The lowest BCUT2D eigenvalue weighted by molar-refractivity contribution is 0.183. The monoisotopic (exact) mass is 376 g/mol. The van der Waals surface area contributed by atoms with Crippen molar-refractivity contribution in [3.63, 3.8) is 0 Å². The summed E-state index contributed by atoms with van der Waals surface area (Å²) in [5.74, 6) is 1.77. The van der Waals surface area contributed by atoms with Crippen molar-refractivity contribution in [1.29, 1.82) is 0 Å². The molecule has 3 aromatic carbocycles. The summed E-state index contributed by atoms with van der Waals surface area (Å²) in [4.78, 5) is 2.49. The van der Waals surface area contributed by atoms with Gasteiger partial charge in [0, 0.05) is 23.0 Å². The molecule has 0 aliphatic carbocycles. The van der Waals surface area contributed by atoms with Gasteiger partial charge in [-0.05, 0) is 55.8 Å². The molecule has 28 heavy (non-hydrogen) atoms. The Bertz CT molecular complexity index is 902. The highest BCUT2D eigenvalue weighted by Crippen LogP contribution is 2.29. The second-order valence-electron chi connectivity index (χ2n) is 7.38. The fourth-order valence-electron chi connectivity index (χ4n) is 3.75. The van der Waals surface area contributed by atoms with E-state index in [1.807, 2.05) is 48.5 Å². The molecule has 0 bridgehead atoms. The van der Waals surface area contributed by atoms with Gasteiger partial charge in [0.05, 0.1) is 0 Å². The number of ether oxygens (including phenoxy) is 2. The van der Waals surface area contributed by atoms with Gasteiger partial charge >= 0.3 is 0 Å². The summed E-state index contributed by atoms with van der Waals surface area (Å²) in [5.41, 5.74) is 7.95. The van der Waals surface area contributed by atoms with Crippen LogP contribution in [0.3, 0.4) is 0 Å². The fourth-order valence-corrected chi connectivity index (χ4v) is 3.75. The Labute approximate surface area is 166 Å². The lowest BCUT2D eigenvalue weighted by Crippen LogP contribution is -2.33. The first kappa shape index (κ1) is 18.6. The summed E-state index contributed by atoms with van der Waals surface area (Å²) in [6.07, 6.45) is 4.00. The van der Waals surface area contributed by atoms with E-state index in [4.69, 9.17) is 15.2 Å². The number of anilines is 1. The molecule has 4 heteroatoms. The Hall–Kier alpha value is -2.72. The molecule has 4 nitrogen and oxygen atoms in total. The minimum absolute atomic E-state index is 0.516. The van der Waals surface area contributed by atoms with E-state index in [-0.39, 0.29) is 0 Å². The molecule has 0 atom stereocenters. The highest BCUT2D eigenvalue weighted by atomic mass is 16.5. The molecule has 0 spiro atoms. The Balaban J connectivity index is 1.31. The molecule has 0 radical (unpaired) electrons. The highest BCUT2D eigenvalue weighted by molar-refractivity contribution is 5.96. The summed E-state index contributed by atoms with van der Waals surface area (Å²) in [6, 6.07) is 20.1. The van der Waals surface area contributed by atoms with Crippen LogP contribution in [0.2, 0.25) is 0 Å². The molecule has 4 rings (SSSR count). The molecule has 1 aliphatic heterocycles. The van der Waals surface area contributed by atoms with E-state index in [2.05, 4.69) is 17.0 Å². The van der Waals surface area contributed by atoms with Crippen molar-refractivity contribution in [3.05, 3.63) is 66.2 Å². The molecule has 146 valence electrons. The quantitative estimate of drug-likeness (QED) is 0.598. The normalized spacial score (nSPS) is 14.9. The summed E-state index contributed by atoms with van der Waals surface area (Å²) >= 11 is 0. The minimum Gasteiger partial charge on any atom is -0.492 e. The highest BCUT2D eigenvalue weighted by Gasteiger charge is 2.09. The minimum atomic E-state index is 0.516. The second-order valence-corrected chi connectivity index (χ2v) is 7.38. The fraction of sp³-hybridized carbons (Fsp3) is 0.333. The van der Waals surface area contributed by atoms with Crippen LogP contribution in [-0.2, 0) is 6.61 Å². The average molecular weight is 377 g/mol. The zero-order valence-corrected chi connectivity index (χ0v) is 16.3. The van der Waals surface area contributed by atoms with E-state index in [0.29, 0.717) is 6.61 Å². The number of nitrogen functional groups attached to an aromatic ring is 1. The summed E-state index contributed by atoms with van der Waals surface area (Å²) in [6.45, 7) is 4.68. The second kappa shape index (κ2) is 8.98. The molecular weight excluding hydrogens is 348 g/mol. The number of hydrogen-bond donors (Lipinski definition) is 1. The van der Waals surface area contributed by atoms with Crippen molar-refractivity contribution in [1.82, 2.24) is 4.90 Å². The number of hydrogen-bond acceptors (Lipinski definition) is 4. The molecule has 3 aromatic rings. The van der Waals surface area contributed by atoms with Gasteiger partial charge in [0.2, 0.25) is 0 Å². The predicted molar refractivity (Wildman–Crippen MR) is 115 cm³/mol. The van der Waals surface area contributed by atoms with Crippen molar-refractivity contribution in [2.75, 3.05) is 32.0 Å². The van der Waals surface area contributed by atoms with Gasteiger partial charge in [0.25, 0.3) is 0 Å².